The van der Waals surface area contributed by atoms with Gasteiger partial charge in [0.25, 0.3) is 5.79 Å². The number of hydrogen-bond acceptors (Lipinski definition) is 5. The van der Waals surface area contributed by atoms with E-state index >= 15 is 0 Å². The summed E-state index contributed by atoms with van der Waals surface area (Å²) in [5.74, 6) is -1.55. The van der Waals surface area contributed by atoms with Crippen molar-refractivity contribution in [3.05, 3.63) is 58.3 Å². The average Bonchev–Trinajstić information content (AvgIpc) is 2.60. The molecule has 0 fully saturated rings. The molecule has 0 bridgehead atoms. The monoisotopic (exact) mass is 383 g/mol. The highest BCUT2D eigenvalue weighted by molar-refractivity contribution is 6.35. The number of methoxy groups -OCH3 is 1. The maximum absolute atomic E-state index is 11.8. The molecule has 0 radical (unpaired) electrons. The van der Waals surface area contributed by atoms with Crippen LogP contribution in [0.4, 0.5) is 0 Å². The Kier molecular flexibility index (Phi) is 6.64. The van der Waals surface area contributed by atoms with E-state index in [2.05, 4.69) is 4.98 Å². The van der Waals surface area contributed by atoms with Crippen molar-refractivity contribution in [2.24, 2.45) is 0 Å². The standard InChI is InChI=1S/C18H19Cl2NO4/c1-4-17(24-16-8-7-14(19)10-15(16)20)18(23-3,25-12(2)22)13-6-5-9-21-11-13/h5-11,17H,4H2,1-3H3. The summed E-state index contributed by atoms with van der Waals surface area (Å²) in [6.07, 6.45) is 3.01. The minimum absolute atomic E-state index is 0.352. The number of carbonyl (C=O) groups excluding carboxylic acids is 1. The molecule has 0 aliphatic heterocycles. The molecule has 1 aromatic carbocycles. The number of halogens is 2. The second-order valence-electron chi connectivity index (χ2n) is 5.30. The minimum Gasteiger partial charge on any atom is -0.482 e. The first kappa shape index (κ1) is 19.5. The van der Waals surface area contributed by atoms with E-state index < -0.39 is 17.9 Å². The highest BCUT2D eigenvalue weighted by Gasteiger charge is 2.46. The van der Waals surface area contributed by atoms with Gasteiger partial charge in [0.2, 0.25) is 0 Å². The molecule has 0 saturated heterocycles. The Morgan fingerprint density at radius 2 is 2.08 bits per heavy atom. The summed E-state index contributed by atoms with van der Waals surface area (Å²) >= 11 is 12.1. The maximum atomic E-state index is 11.8. The zero-order chi connectivity index (χ0) is 18.4. The fourth-order valence-corrected chi connectivity index (χ4v) is 2.99. The van der Waals surface area contributed by atoms with Gasteiger partial charge in [-0.1, -0.05) is 30.1 Å². The number of esters is 1. The van der Waals surface area contributed by atoms with Gasteiger partial charge in [0.05, 0.1) is 5.02 Å². The van der Waals surface area contributed by atoms with E-state index in [1.165, 1.54) is 14.0 Å². The van der Waals surface area contributed by atoms with E-state index in [1.807, 2.05) is 6.92 Å². The molecule has 134 valence electrons. The first-order valence-electron chi connectivity index (χ1n) is 7.70. The molecule has 0 spiro atoms. The molecule has 2 atom stereocenters. The Hall–Kier alpha value is -1.82. The smallest absolute Gasteiger partial charge is 0.305 e. The van der Waals surface area contributed by atoms with Crippen molar-refractivity contribution in [1.29, 1.82) is 0 Å². The molecule has 2 unspecified atom stereocenters. The van der Waals surface area contributed by atoms with E-state index in [0.29, 0.717) is 27.8 Å². The second-order valence-corrected chi connectivity index (χ2v) is 6.14. The molecule has 1 heterocycles. The molecule has 2 aromatic rings. The molecule has 0 saturated carbocycles. The summed E-state index contributed by atoms with van der Waals surface area (Å²) in [5.41, 5.74) is 0.560. The van der Waals surface area contributed by atoms with Gasteiger partial charge in [-0.25, -0.2) is 0 Å². The molecule has 0 amide bonds. The van der Waals surface area contributed by atoms with Crippen LogP contribution in [0.15, 0.2) is 42.7 Å². The Labute approximate surface area is 156 Å². The number of aromatic nitrogens is 1. The van der Waals surface area contributed by atoms with Gasteiger partial charge in [-0.3, -0.25) is 9.78 Å². The van der Waals surface area contributed by atoms with Crippen LogP contribution in [0.2, 0.25) is 10.0 Å². The number of pyridine rings is 1. The predicted molar refractivity (Wildman–Crippen MR) is 95.9 cm³/mol. The molecule has 2 rings (SSSR count). The third kappa shape index (κ3) is 4.42. The van der Waals surface area contributed by atoms with Crippen LogP contribution in [0, 0.1) is 0 Å². The lowest BCUT2D eigenvalue weighted by Gasteiger charge is -2.38. The highest BCUT2D eigenvalue weighted by atomic mass is 35.5. The third-order valence-corrected chi connectivity index (χ3v) is 4.15. The van der Waals surface area contributed by atoms with E-state index in [-0.39, 0.29) is 0 Å². The van der Waals surface area contributed by atoms with Crippen LogP contribution in [0.5, 0.6) is 5.75 Å². The molecular formula is C18H19Cl2NO4. The fourth-order valence-electron chi connectivity index (χ4n) is 2.54. The maximum Gasteiger partial charge on any atom is 0.305 e. The van der Waals surface area contributed by atoms with E-state index in [9.17, 15) is 4.79 Å². The van der Waals surface area contributed by atoms with Crippen molar-refractivity contribution < 1.29 is 19.0 Å². The van der Waals surface area contributed by atoms with Crippen molar-refractivity contribution in [3.8, 4) is 5.75 Å². The van der Waals surface area contributed by atoms with Crippen LogP contribution in [0.25, 0.3) is 0 Å². The average molecular weight is 384 g/mol. The summed E-state index contributed by atoms with van der Waals surface area (Å²) in [6.45, 7) is 3.20. The summed E-state index contributed by atoms with van der Waals surface area (Å²) in [4.78, 5) is 15.8. The Bertz CT molecular complexity index is 726. The topological polar surface area (TPSA) is 57.7 Å². The van der Waals surface area contributed by atoms with E-state index in [0.717, 1.165) is 0 Å². The third-order valence-electron chi connectivity index (χ3n) is 3.62. The lowest BCUT2D eigenvalue weighted by Crippen LogP contribution is -2.48. The van der Waals surface area contributed by atoms with Crippen LogP contribution in [-0.4, -0.2) is 24.2 Å². The van der Waals surface area contributed by atoms with Gasteiger partial charge < -0.3 is 14.2 Å². The number of benzene rings is 1. The van der Waals surface area contributed by atoms with Crippen LogP contribution in [0.1, 0.15) is 25.8 Å². The molecule has 7 heteroatoms. The number of rotatable bonds is 7. The van der Waals surface area contributed by atoms with Gasteiger partial charge in [-0.2, -0.15) is 0 Å². The van der Waals surface area contributed by atoms with Gasteiger partial charge in [0, 0.05) is 37.0 Å². The zero-order valence-corrected chi connectivity index (χ0v) is 15.7. The van der Waals surface area contributed by atoms with Gasteiger partial charge in [-0.15, -0.1) is 0 Å². The van der Waals surface area contributed by atoms with Crippen molar-refractivity contribution in [3.63, 3.8) is 0 Å². The molecular weight excluding hydrogens is 365 g/mol. The predicted octanol–water partition coefficient (Wildman–Crippen LogP) is 4.61. The van der Waals surface area contributed by atoms with Crippen LogP contribution in [-0.2, 0) is 20.1 Å². The first-order valence-corrected chi connectivity index (χ1v) is 8.45. The number of carbonyl (C=O) groups is 1. The Morgan fingerprint density at radius 3 is 2.60 bits per heavy atom. The van der Waals surface area contributed by atoms with Crippen molar-refractivity contribution >= 4 is 29.2 Å². The first-order chi connectivity index (χ1) is 11.9. The van der Waals surface area contributed by atoms with Crippen LogP contribution < -0.4 is 4.74 Å². The Balaban J connectivity index is 2.47. The number of nitrogens with zero attached hydrogens (tertiary/aromatic N) is 1. The van der Waals surface area contributed by atoms with Crippen molar-refractivity contribution in [2.45, 2.75) is 32.2 Å². The van der Waals surface area contributed by atoms with Gasteiger partial charge >= 0.3 is 5.97 Å². The van der Waals surface area contributed by atoms with Crippen molar-refractivity contribution in [2.75, 3.05) is 7.11 Å². The largest absolute Gasteiger partial charge is 0.482 e. The molecule has 25 heavy (non-hydrogen) atoms. The van der Waals surface area contributed by atoms with E-state index in [1.54, 1.807) is 42.7 Å². The lowest BCUT2D eigenvalue weighted by molar-refractivity contribution is -0.263. The SMILES string of the molecule is CCC(Oc1ccc(Cl)cc1Cl)C(OC)(OC(C)=O)c1cccnc1. The lowest BCUT2D eigenvalue weighted by atomic mass is 9.99. The van der Waals surface area contributed by atoms with Crippen molar-refractivity contribution in [1.82, 2.24) is 4.98 Å². The molecule has 0 aliphatic rings. The summed E-state index contributed by atoms with van der Waals surface area (Å²) < 4.78 is 17.3. The fraction of sp³-hybridized carbons (Fsp3) is 0.333. The summed E-state index contributed by atoms with van der Waals surface area (Å²) in [7, 11) is 1.45. The van der Waals surface area contributed by atoms with E-state index in [4.69, 9.17) is 37.4 Å². The normalized spacial score (nSPS) is 14.4. The number of ether oxygens (including phenoxy) is 3. The van der Waals surface area contributed by atoms with Gasteiger partial charge in [0.15, 0.2) is 6.10 Å². The van der Waals surface area contributed by atoms with Crippen LogP contribution in [0.3, 0.4) is 0 Å². The molecule has 0 aliphatic carbocycles. The molecule has 0 N–H and O–H groups in total. The Morgan fingerprint density at radius 1 is 1.32 bits per heavy atom. The summed E-state index contributed by atoms with van der Waals surface area (Å²) in [6, 6.07) is 8.39. The molecule has 5 nitrogen and oxygen atoms in total. The van der Waals surface area contributed by atoms with Crippen LogP contribution >= 0.6 is 23.2 Å². The second kappa shape index (κ2) is 8.52. The minimum atomic E-state index is -1.46. The highest BCUT2D eigenvalue weighted by Crippen LogP contribution is 2.37. The zero-order valence-electron chi connectivity index (χ0n) is 14.2. The van der Waals surface area contributed by atoms with Gasteiger partial charge in [-0.05, 0) is 36.8 Å². The molecule has 1 aromatic heterocycles. The quantitative estimate of drug-likeness (QED) is 0.516. The summed E-state index contributed by atoms with van der Waals surface area (Å²) in [5, 5.41) is 0.848. The number of hydrogen-bond donors (Lipinski definition) is 0. The van der Waals surface area contributed by atoms with Gasteiger partial charge in [0.1, 0.15) is 5.75 Å².